The summed E-state index contributed by atoms with van der Waals surface area (Å²) < 4.78 is 5.11. The van der Waals surface area contributed by atoms with E-state index in [1.165, 1.54) is 0 Å². The lowest BCUT2D eigenvalue weighted by Gasteiger charge is -2.24. The van der Waals surface area contributed by atoms with Crippen molar-refractivity contribution in [2.75, 3.05) is 0 Å². The Morgan fingerprint density at radius 1 is 1.60 bits per heavy atom. The first kappa shape index (κ1) is 7.58. The summed E-state index contributed by atoms with van der Waals surface area (Å²) in [6.07, 6.45) is 2.84. The maximum Gasteiger partial charge on any atom is 0.306 e. The number of carbonyl (C=O) groups excluding carboxylic acids is 1. The highest BCUT2D eigenvalue weighted by molar-refractivity contribution is 5.70. The van der Waals surface area contributed by atoms with Crippen LogP contribution in [0.1, 0.15) is 33.1 Å². The number of esters is 1. The van der Waals surface area contributed by atoms with Crippen LogP contribution in [0.4, 0.5) is 0 Å². The van der Waals surface area contributed by atoms with E-state index >= 15 is 0 Å². The van der Waals surface area contributed by atoms with Crippen molar-refractivity contribution in [3.05, 3.63) is 0 Å². The van der Waals surface area contributed by atoms with Gasteiger partial charge in [-0.15, -0.1) is 0 Å². The van der Waals surface area contributed by atoms with E-state index in [-0.39, 0.29) is 12.1 Å². The minimum Gasteiger partial charge on any atom is -0.462 e. The SMILES string of the molecule is CC(C)[C@@H]1CCCC(=O)O1. The van der Waals surface area contributed by atoms with Crippen LogP contribution in [0.3, 0.4) is 0 Å². The maximum absolute atomic E-state index is 10.8. The maximum atomic E-state index is 10.8. The molecule has 0 spiro atoms. The highest BCUT2D eigenvalue weighted by Crippen LogP contribution is 2.19. The van der Waals surface area contributed by atoms with E-state index in [0.717, 1.165) is 12.8 Å². The molecule has 0 saturated carbocycles. The first-order valence-electron chi connectivity index (χ1n) is 3.89. The molecular weight excluding hydrogens is 128 g/mol. The third-order valence-corrected chi connectivity index (χ3v) is 1.90. The highest BCUT2D eigenvalue weighted by Gasteiger charge is 2.22. The normalized spacial score (nSPS) is 26.7. The number of rotatable bonds is 1. The van der Waals surface area contributed by atoms with Gasteiger partial charge in [0.25, 0.3) is 0 Å². The smallest absolute Gasteiger partial charge is 0.306 e. The van der Waals surface area contributed by atoms with Crippen LogP contribution in [-0.4, -0.2) is 12.1 Å². The third-order valence-electron chi connectivity index (χ3n) is 1.90. The minimum absolute atomic E-state index is 0.0232. The van der Waals surface area contributed by atoms with Crippen molar-refractivity contribution in [3.63, 3.8) is 0 Å². The van der Waals surface area contributed by atoms with Crippen LogP contribution >= 0.6 is 0 Å². The van der Waals surface area contributed by atoms with Crippen molar-refractivity contribution in [1.82, 2.24) is 0 Å². The van der Waals surface area contributed by atoms with Crippen molar-refractivity contribution in [3.8, 4) is 0 Å². The van der Waals surface area contributed by atoms with Gasteiger partial charge in [-0.1, -0.05) is 13.8 Å². The van der Waals surface area contributed by atoms with E-state index in [2.05, 4.69) is 13.8 Å². The summed E-state index contributed by atoms with van der Waals surface area (Å²) in [4.78, 5) is 10.8. The van der Waals surface area contributed by atoms with E-state index in [4.69, 9.17) is 4.74 Å². The number of hydrogen-bond donors (Lipinski definition) is 0. The fourth-order valence-corrected chi connectivity index (χ4v) is 1.20. The molecule has 0 bridgehead atoms. The standard InChI is InChI=1S/C8H14O2/c1-6(2)7-4-3-5-8(9)10-7/h6-7H,3-5H2,1-2H3/t7-/m0/s1. The molecule has 58 valence electrons. The summed E-state index contributed by atoms with van der Waals surface area (Å²) in [6.45, 7) is 4.17. The Kier molecular flexibility index (Phi) is 2.30. The summed E-state index contributed by atoms with van der Waals surface area (Å²) in [7, 11) is 0. The molecule has 1 aliphatic heterocycles. The quantitative estimate of drug-likeness (QED) is 0.521. The summed E-state index contributed by atoms with van der Waals surface area (Å²) in [5, 5.41) is 0. The second-order valence-corrected chi connectivity index (χ2v) is 3.16. The number of hydrogen-bond acceptors (Lipinski definition) is 2. The average Bonchev–Trinajstić information content (AvgIpc) is 1.88. The topological polar surface area (TPSA) is 26.3 Å². The molecule has 1 rings (SSSR count). The molecule has 0 aromatic rings. The second kappa shape index (κ2) is 3.04. The Hall–Kier alpha value is -0.530. The van der Waals surface area contributed by atoms with Crippen LogP contribution in [0.25, 0.3) is 0 Å². The van der Waals surface area contributed by atoms with Crippen LogP contribution in [0.2, 0.25) is 0 Å². The van der Waals surface area contributed by atoms with E-state index in [1.54, 1.807) is 0 Å². The molecule has 0 radical (unpaired) electrons. The molecule has 1 heterocycles. The van der Waals surface area contributed by atoms with Crippen molar-refractivity contribution < 1.29 is 9.53 Å². The lowest BCUT2D eigenvalue weighted by molar-refractivity contribution is -0.156. The lowest BCUT2D eigenvalue weighted by Crippen LogP contribution is -2.27. The largest absolute Gasteiger partial charge is 0.462 e. The van der Waals surface area contributed by atoms with Crippen LogP contribution in [0.5, 0.6) is 0 Å². The fraction of sp³-hybridized carbons (Fsp3) is 0.875. The van der Waals surface area contributed by atoms with Gasteiger partial charge in [-0.25, -0.2) is 0 Å². The molecular formula is C8H14O2. The van der Waals surface area contributed by atoms with Gasteiger partial charge < -0.3 is 4.74 Å². The Bertz CT molecular complexity index is 129. The molecule has 1 fully saturated rings. The van der Waals surface area contributed by atoms with Gasteiger partial charge in [-0.2, -0.15) is 0 Å². The molecule has 2 heteroatoms. The lowest BCUT2D eigenvalue weighted by atomic mass is 9.99. The van der Waals surface area contributed by atoms with Crippen molar-refractivity contribution in [2.45, 2.75) is 39.2 Å². The van der Waals surface area contributed by atoms with Gasteiger partial charge in [0.05, 0.1) is 0 Å². The van der Waals surface area contributed by atoms with Gasteiger partial charge in [0, 0.05) is 6.42 Å². The van der Waals surface area contributed by atoms with Gasteiger partial charge in [0.1, 0.15) is 6.10 Å². The molecule has 1 aliphatic rings. The van der Waals surface area contributed by atoms with Crippen LogP contribution < -0.4 is 0 Å². The van der Waals surface area contributed by atoms with Gasteiger partial charge in [0.15, 0.2) is 0 Å². The first-order valence-corrected chi connectivity index (χ1v) is 3.89. The Labute approximate surface area is 61.6 Å². The minimum atomic E-state index is -0.0232. The van der Waals surface area contributed by atoms with Crippen LogP contribution in [0.15, 0.2) is 0 Å². The zero-order valence-electron chi connectivity index (χ0n) is 6.59. The first-order chi connectivity index (χ1) is 4.70. The molecule has 0 unspecified atom stereocenters. The molecule has 10 heavy (non-hydrogen) atoms. The van der Waals surface area contributed by atoms with E-state index < -0.39 is 0 Å². The molecule has 2 nitrogen and oxygen atoms in total. The fourth-order valence-electron chi connectivity index (χ4n) is 1.20. The molecule has 0 aromatic heterocycles. The molecule has 0 aliphatic carbocycles. The van der Waals surface area contributed by atoms with Crippen molar-refractivity contribution in [2.24, 2.45) is 5.92 Å². The Balaban J connectivity index is 2.39. The van der Waals surface area contributed by atoms with Gasteiger partial charge in [-0.05, 0) is 18.8 Å². The average molecular weight is 142 g/mol. The molecule has 0 amide bonds. The third kappa shape index (κ3) is 1.72. The molecule has 0 N–H and O–H groups in total. The van der Waals surface area contributed by atoms with Crippen LogP contribution in [-0.2, 0) is 9.53 Å². The number of carbonyl (C=O) groups is 1. The number of cyclic esters (lactones) is 1. The number of ether oxygens (including phenoxy) is 1. The van der Waals surface area contributed by atoms with Gasteiger partial charge >= 0.3 is 5.97 Å². The van der Waals surface area contributed by atoms with Gasteiger partial charge in [-0.3, -0.25) is 4.79 Å². The zero-order valence-corrected chi connectivity index (χ0v) is 6.59. The molecule has 1 saturated heterocycles. The summed E-state index contributed by atoms with van der Waals surface area (Å²) in [6, 6.07) is 0. The molecule has 1 atom stereocenters. The van der Waals surface area contributed by atoms with Crippen molar-refractivity contribution in [1.29, 1.82) is 0 Å². The monoisotopic (exact) mass is 142 g/mol. The second-order valence-electron chi connectivity index (χ2n) is 3.16. The molecule has 0 aromatic carbocycles. The van der Waals surface area contributed by atoms with E-state index in [9.17, 15) is 4.79 Å². The highest BCUT2D eigenvalue weighted by atomic mass is 16.5. The zero-order chi connectivity index (χ0) is 7.56. The van der Waals surface area contributed by atoms with E-state index in [0.29, 0.717) is 12.3 Å². The predicted octanol–water partition coefficient (Wildman–Crippen LogP) is 1.74. The van der Waals surface area contributed by atoms with Crippen LogP contribution in [0, 0.1) is 5.92 Å². The summed E-state index contributed by atoms with van der Waals surface area (Å²) >= 11 is 0. The summed E-state index contributed by atoms with van der Waals surface area (Å²) in [5.41, 5.74) is 0. The Morgan fingerprint density at radius 2 is 2.30 bits per heavy atom. The summed E-state index contributed by atoms with van der Waals surface area (Å²) in [5.74, 6) is 0.453. The van der Waals surface area contributed by atoms with E-state index in [1.807, 2.05) is 0 Å². The van der Waals surface area contributed by atoms with Gasteiger partial charge in [0.2, 0.25) is 0 Å². The van der Waals surface area contributed by atoms with Crippen molar-refractivity contribution >= 4 is 5.97 Å². The predicted molar refractivity (Wildman–Crippen MR) is 38.6 cm³/mol. The Morgan fingerprint density at radius 3 is 2.70 bits per heavy atom.